The molecule has 6 nitrogen and oxygen atoms in total. The first kappa shape index (κ1) is 10.7. The molecule has 1 aromatic rings. The van der Waals surface area contributed by atoms with Crippen LogP contribution < -0.4 is 0 Å². The van der Waals surface area contributed by atoms with Gasteiger partial charge in [-0.1, -0.05) is 5.16 Å². The van der Waals surface area contributed by atoms with Crippen LogP contribution in [-0.2, 0) is 16.2 Å². The third-order valence-corrected chi connectivity index (χ3v) is 2.63. The zero-order chi connectivity index (χ0) is 11.8. The van der Waals surface area contributed by atoms with E-state index in [0.29, 0.717) is 12.3 Å². The molecule has 0 spiro atoms. The van der Waals surface area contributed by atoms with Crippen molar-refractivity contribution in [1.29, 1.82) is 0 Å². The lowest BCUT2D eigenvalue weighted by Gasteiger charge is -2.14. The molecule has 1 aromatic heterocycles. The van der Waals surface area contributed by atoms with Crippen molar-refractivity contribution in [2.45, 2.75) is 32.4 Å². The number of oxime groups is 1. The van der Waals surface area contributed by atoms with E-state index in [-0.39, 0.29) is 6.42 Å². The van der Waals surface area contributed by atoms with Gasteiger partial charge in [0.2, 0.25) is 5.60 Å². The van der Waals surface area contributed by atoms with E-state index >= 15 is 0 Å². The van der Waals surface area contributed by atoms with Crippen molar-refractivity contribution in [3.8, 4) is 0 Å². The normalized spacial score (nSPS) is 24.0. The topological polar surface area (TPSA) is 76.7 Å². The Kier molecular flexibility index (Phi) is 2.41. The summed E-state index contributed by atoms with van der Waals surface area (Å²) in [7, 11) is 0. The van der Waals surface area contributed by atoms with E-state index in [1.807, 2.05) is 6.92 Å². The molecule has 0 saturated heterocycles. The number of aryl methyl sites for hydroxylation is 1. The zero-order valence-electron chi connectivity index (χ0n) is 9.17. The Bertz CT molecular complexity index is 452. The Labute approximate surface area is 92.5 Å². The first-order valence-corrected chi connectivity index (χ1v) is 5.07. The lowest BCUT2D eigenvalue weighted by atomic mass is 9.99. The van der Waals surface area contributed by atoms with Gasteiger partial charge in [-0.25, -0.2) is 4.79 Å². The summed E-state index contributed by atoms with van der Waals surface area (Å²) in [5.74, 6) is -1.01. The summed E-state index contributed by atoms with van der Waals surface area (Å²) in [4.78, 5) is 16.0. The van der Waals surface area contributed by atoms with Gasteiger partial charge in [-0.05, 0) is 19.9 Å². The SMILES string of the molecule is CCn1nccc1C1=NOC(C)(C(=O)O)C1. The highest BCUT2D eigenvalue weighted by atomic mass is 16.7. The van der Waals surface area contributed by atoms with Crippen LogP contribution >= 0.6 is 0 Å². The predicted molar refractivity (Wildman–Crippen MR) is 56.2 cm³/mol. The molecule has 0 amide bonds. The van der Waals surface area contributed by atoms with Crippen LogP contribution in [0, 0.1) is 0 Å². The molecular formula is C10H13N3O3. The van der Waals surface area contributed by atoms with E-state index in [1.54, 1.807) is 16.9 Å². The Morgan fingerprint density at radius 1 is 1.75 bits per heavy atom. The first-order chi connectivity index (χ1) is 7.57. The van der Waals surface area contributed by atoms with Crippen molar-refractivity contribution in [3.05, 3.63) is 18.0 Å². The summed E-state index contributed by atoms with van der Waals surface area (Å²) in [5, 5.41) is 16.9. The van der Waals surface area contributed by atoms with Crippen molar-refractivity contribution in [3.63, 3.8) is 0 Å². The predicted octanol–water partition coefficient (Wildman–Crippen LogP) is 0.871. The number of nitrogens with zero attached hydrogens (tertiary/aromatic N) is 3. The van der Waals surface area contributed by atoms with Crippen LogP contribution in [0.2, 0.25) is 0 Å². The second kappa shape index (κ2) is 3.62. The number of carboxylic acid groups (broad SMARTS) is 1. The molecular weight excluding hydrogens is 210 g/mol. The molecule has 0 aliphatic carbocycles. The van der Waals surface area contributed by atoms with Gasteiger partial charge in [0, 0.05) is 19.2 Å². The molecule has 16 heavy (non-hydrogen) atoms. The summed E-state index contributed by atoms with van der Waals surface area (Å²) >= 11 is 0. The largest absolute Gasteiger partial charge is 0.478 e. The van der Waals surface area contributed by atoms with Gasteiger partial charge in [-0.2, -0.15) is 5.10 Å². The summed E-state index contributed by atoms with van der Waals surface area (Å²) in [6.45, 7) is 4.19. The summed E-state index contributed by atoms with van der Waals surface area (Å²) in [5.41, 5.74) is 0.190. The van der Waals surface area contributed by atoms with Crippen LogP contribution in [0.3, 0.4) is 0 Å². The Morgan fingerprint density at radius 2 is 2.50 bits per heavy atom. The lowest BCUT2D eigenvalue weighted by molar-refractivity contribution is -0.160. The number of carboxylic acids is 1. The van der Waals surface area contributed by atoms with Crippen molar-refractivity contribution >= 4 is 11.7 Å². The quantitative estimate of drug-likeness (QED) is 0.824. The van der Waals surface area contributed by atoms with Gasteiger partial charge >= 0.3 is 5.97 Å². The molecule has 0 fully saturated rings. The van der Waals surface area contributed by atoms with Crippen molar-refractivity contribution in [1.82, 2.24) is 9.78 Å². The van der Waals surface area contributed by atoms with E-state index in [1.165, 1.54) is 6.92 Å². The maximum absolute atomic E-state index is 11.0. The second-order valence-electron chi connectivity index (χ2n) is 3.87. The van der Waals surface area contributed by atoms with Crippen LogP contribution in [-0.4, -0.2) is 32.2 Å². The minimum Gasteiger partial charge on any atom is -0.478 e. The Balaban J connectivity index is 2.24. The molecule has 2 heterocycles. The van der Waals surface area contributed by atoms with Crippen molar-refractivity contribution in [2.24, 2.45) is 5.16 Å². The van der Waals surface area contributed by atoms with E-state index < -0.39 is 11.6 Å². The van der Waals surface area contributed by atoms with Gasteiger partial charge < -0.3 is 9.94 Å². The molecule has 0 radical (unpaired) electrons. The Morgan fingerprint density at radius 3 is 3.06 bits per heavy atom. The average molecular weight is 223 g/mol. The number of rotatable bonds is 3. The number of aromatic nitrogens is 2. The lowest BCUT2D eigenvalue weighted by Crippen LogP contribution is -2.35. The molecule has 1 aliphatic rings. The van der Waals surface area contributed by atoms with Gasteiger partial charge in [-0.15, -0.1) is 0 Å². The summed E-state index contributed by atoms with van der Waals surface area (Å²) in [6.07, 6.45) is 1.92. The van der Waals surface area contributed by atoms with E-state index in [9.17, 15) is 4.79 Å². The fourth-order valence-electron chi connectivity index (χ4n) is 1.62. The van der Waals surface area contributed by atoms with E-state index in [2.05, 4.69) is 10.3 Å². The Hall–Kier alpha value is -1.85. The first-order valence-electron chi connectivity index (χ1n) is 5.07. The zero-order valence-corrected chi connectivity index (χ0v) is 9.17. The van der Waals surface area contributed by atoms with Gasteiger partial charge in [-0.3, -0.25) is 4.68 Å². The minimum absolute atomic E-state index is 0.258. The highest BCUT2D eigenvalue weighted by Crippen LogP contribution is 2.26. The number of aliphatic carboxylic acids is 1. The van der Waals surface area contributed by atoms with Crippen LogP contribution in [0.15, 0.2) is 17.4 Å². The second-order valence-corrected chi connectivity index (χ2v) is 3.87. The third kappa shape index (κ3) is 1.56. The maximum atomic E-state index is 11.0. The smallest absolute Gasteiger partial charge is 0.351 e. The van der Waals surface area contributed by atoms with E-state index in [4.69, 9.17) is 9.94 Å². The van der Waals surface area contributed by atoms with E-state index in [0.717, 1.165) is 5.69 Å². The molecule has 0 saturated carbocycles. The van der Waals surface area contributed by atoms with Crippen molar-refractivity contribution < 1.29 is 14.7 Å². The van der Waals surface area contributed by atoms with Gasteiger partial charge in [0.25, 0.3) is 0 Å². The molecule has 0 bridgehead atoms. The highest BCUT2D eigenvalue weighted by molar-refractivity contribution is 6.03. The molecule has 2 rings (SSSR count). The molecule has 1 aliphatic heterocycles. The molecule has 6 heteroatoms. The minimum atomic E-state index is -1.25. The third-order valence-electron chi connectivity index (χ3n) is 2.63. The molecule has 1 unspecified atom stereocenters. The number of carbonyl (C=O) groups is 1. The monoisotopic (exact) mass is 223 g/mol. The van der Waals surface area contributed by atoms with Crippen LogP contribution in [0.4, 0.5) is 0 Å². The van der Waals surface area contributed by atoms with Crippen LogP contribution in [0.5, 0.6) is 0 Å². The summed E-state index contributed by atoms with van der Waals surface area (Å²) < 4.78 is 1.76. The fourth-order valence-corrected chi connectivity index (χ4v) is 1.62. The standard InChI is InChI=1S/C10H13N3O3/c1-3-13-8(4-5-11-13)7-6-10(2,9(14)15)16-12-7/h4-5H,3,6H2,1-2H3,(H,14,15). The van der Waals surface area contributed by atoms with Gasteiger partial charge in [0.05, 0.1) is 5.69 Å². The maximum Gasteiger partial charge on any atom is 0.351 e. The fraction of sp³-hybridized carbons (Fsp3) is 0.500. The highest BCUT2D eigenvalue weighted by Gasteiger charge is 2.42. The summed E-state index contributed by atoms with van der Waals surface area (Å²) in [6, 6.07) is 1.80. The van der Waals surface area contributed by atoms with Crippen LogP contribution in [0.1, 0.15) is 26.0 Å². The number of hydrogen-bond acceptors (Lipinski definition) is 4. The number of hydrogen-bond donors (Lipinski definition) is 1. The van der Waals surface area contributed by atoms with Crippen molar-refractivity contribution in [2.75, 3.05) is 0 Å². The molecule has 0 aromatic carbocycles. The average Bonchev–Trinajstić information content (AvgIpc) is 2.83. The molecule has 86 valence electrons. The van der Waals surface area contributed by atoms with Gasteiger partial charge in [0.15, 0.2) is 0 Å². The molecule has 1 atom stereocenters. The molecule has 1 N–H and O–H groups in total. The van der Waals surface area contributed by atoms with Gasteiger partial charge in [0.1, 0.15) is 5.71 Å². The van der Waals surface area contributed by atoms with Crippen LogP contribution in [0.25, 0.3) is 0 Å².